The summed E-state index contributed by atoms with van der Waals surface area (Å²) in [7, 11) is 0. The van der Waals surface area contributed by atoms with Crippen molar-refractivity contribution < 1.29 is 4.79 Å². The second kappa shape index (κ2) is 9.46. The zero-order chi connectivity index (χ0) is 25.6. The molecule has 1 aliphatic heterocycles. The highest BCUT2D eigenvalue weighted by atomic mass is 79.9. The number of halogens is 1. The van der Waals surface area contributed by atoms with Crippen LogP contribution in [0.3, 0.4) is 0 Å². The molecule has 1 saturated heterocycles. The lowest BCUT2D eigenvalue weighted by Crippen LogP contribution is -2.30. The normalized spacial score (nSPS) is 21.0. The second-order valence-electron chi connectivity index (χ2n) is 9.63. The molecular weight excluding hydrogens is 554 g/mol. The van der Waals surface area contributed by atoms with Gasteiger partial charge in [0.15, 0.2) is 5.65 Å². The van der Waals surface area contributed by atoms with E-state index in [1.54, 1.807) is 10.9 Å². The number of benzene rings is 1. The number of carbonyl (C=O) groups is 1. The standard InChI is InChI=1S/C25H24BrN9OS/c1-14-32-33-22(37-14)18-5-4-17(11-15(18)3-2-9-27)35-21-19(20(26)34-35)13-29-24(31-21)30-16-6-7-25(12-16)8-10-28-23(25)36/h4-5,11,13,16H,2-3,6-8,10,12H2,1H3,(H,28,36)(H,29,30,31)/t16-,25-/m1/s1. The number of aryl methyl sites for hydroxylation is 2. The van der Waals surface area contributed by atoms with Crippen molar-refractivity contribution in [1.82, 2.24) is 35.3 Å². The van der Waals surface area contributed by atoms with Crippen molar-refractivity contribution in [1.29, 1.82) is 5.26 Å². The van der Waals surface area contributed by atoms with E-state index < -0.39 is 0 Å². The van der Waals surface area contributed by atoms with Gasteiger partial charge in [-0.25, -0.2) is 9.67 Å². The number of nitriles is 1. The molecule has 0 radical (unpaired) electrons. The van der Waals surface area contributed by atoms with E-state index in [1.807, 2.05) is 25.1 Å². The Morgan fingerprint density at radius 3 is 3.00 bits per heavy atom. The van der Waals surface area contributed by atoms with E-state index in [4.69, 9.17) is 4.98 Å². The van der Waals surface area contributed by atoms with Gasteiger partial charge in [0.05, 0.1) is 22.6 Å². The first-order valence-electron chi connectivity index (χ1n) is 12.2. The first kappa shape index (κ1) is 23.9. The summed E-state index contributed by atoms with van der Waals surface area (Å²) in [5.41, 5.74) is 3.23. The number of carbonyl (C=O) groups excluding carboxylic acids is 1. The number of rotatable bonds is 6. The molecule has 2 N–H and O–H groups in total. The predicted octanol–water partition coefficient (Wildman–Crippen LogP) is 4.33. The molecule has 1 spiro atoms. The van der Waals surface area contributed by atoms with Crippen LogP contribution in [-0.4, -0.2) is 48.4 Å². The minimum Gasteiger partial charge on any atom is -0.356 e. The van der Waals surface area contributed by atoms with E-state index in [0.717, 1.165) is 64.4 Å². The van der Waals surface area contributed by atoms with Gasteiger partial charge >= 0.3 is 0 Å². The molecule has 12 heteroatoms. The van der Waals surface area contributed by atoms with Crippen LogP contribution in [0.2, 0.25) is 0 Å². The minimum absolute atomic E-state index is 0.147. The number of nitrogens with zero attached hydrogens (tertiary/aromatic N) is 7. The van der Waals surface area contributed by atoms with Crippen molar-refractivity contribution >= 4 is 50.2 Å². The maximum atomic E-state index is 12.4. The molecule has 1 aromatic carbocycles. The third kappa shape index (κ3) is 4.36. The Balaban J connectivity index is 1.33. The Morgan fingerprint density at radius 1 is 1.35 bits per heavy atom. The lowest BCUT2D eigenvalue weighted by atomic mass is 9.84. The molecule has 188 valence electrons. The molecule has 2 fully saturated rings. The number of amides is 1. The van der Waals surface area contributed by atoms with Crippen molar-refractivity contribution in [3.63, 3.8) is 0 Å². The van der Waals surface area contributed by atoms with Gasteiger partial charge in [-0.3, -0.25) is 4.79 Å². The molecule has 4 heterocycles. The molecule has 1 amide bonds. The van der Waals surface area contributed by atoms with E-state index in [9.17, 15) is 10.1 Å². The average molecular weight is 579 g/mol. The fourth-order valence-electron chi connectivity index (χ4n) is 5.42. The van der Waals surface area contributed by atoms with Crippen LogP contribution in [-0.2, 0) is 11.2 Å². The van der Waals surface area contributed by atoms with Gasteiger partial charge in [-0.15, -0.1) is 10.2 Å². The van der Waals surface area contributed by atoms with Crippen molar-refractivity contribution in [2.45, 2.75) is 51.5 Å². The van der Waals surface area contributed by atoms with Crippen LogP contribution in [0.1, 0.15) is 42.7 Å². The van der Waals surface area contributed by atoms with E-state index in [-0.39, 0.29) is 17.4 Å². The number of anilines is 1. The summed E-state index contributed by atoms with van der Waals surface area (Å²) in [5, 5.41) is 31.3. The minimum atomic E-state index is -0.250. The Kier molecular flexibility index (Phi) is 6.12. The molecule has 2 aliphatic rings. The maximum absolute atomic E-state index is 12.4. The molecule has 4 aromatic rings. The summed E-state index contributed by atoms with van der Waals surface area (Å²) >= 11 is 5.08. The zero-order valence-corrected chi connectivity index (χ0v) is 22.6. The van der Waals surface area contributed by atoms with Crippen molar-refractivity contribution in [3.8, 4) is 22.3 Å². The quantitative estimate of drug-likeness (QED) is 0.345. The van der Waals surface area contributed by atoms with Crippen LogP contribution < -0.4 is 10.6 Å². The highest BCUT2D eigenvalue weighted by Crippen LogP contribution is 2.44. The third-order valence-corrected chi connectivity index (χ3v) is 8.75. The molecule has 0 bridgehead atoms. The van der Waals surface area contributed by atoms with Crippen LogP contribution in [0, 0.1) is 23.7 Å². The molecule has 10 nitrogen and oxygen atoms in total. The highest BCUT2D eigenvalue weighted by molar-refractivity contribution is 9.10. The molecule has 1 saturated carbocycles. The maximum Gasteiger partial charge on any atom is 0.226 e. The smallest absolute Gasteiger partial charge is 0.226 e. The molecule has 3 aromatic heterocycles. The van der Waals surface area contributed by atoms with E-state index in [1.165, 1.54) is 11.3 Å². The van der Waals surface area contributed by atoms with Crippen LogP contribution in [0.4, 0.5) is 5.95 Å². The predicted molar refractivity (Wildman–Crippen MR) is 143 cm³/mol. The van der Waals surface area contributed by atoms with Crippen LogP contribution >= 0.6 is 27.3 Å². The topological polar surface area (TPSA) is 134 Å². The van der Waals surface area contributed by atoms with Gasteiger partial charge < -0.3 is 10.6 Å². The SMILES string of the molecule is Cc1nnc(-c2ccc(-n3nc(Br)c4cnc(N[C@@H]5CC[C@@]6(CCNC6=O)C5)nc43)cc2CCC#N)s1. The fraction of sp³-hybridized carbons (Fsp3) is 0.400. The fourth-order valence-corrected chi connectivity index (χ4v) is 6.61. The lowest BCUT2D eigenvalue weighted by Gasteiger charge is -2.19. The van der Waals surface area contributed by atoms with Gasteiger partial charge in [0.25, 0.3) is 0 Å². The summed E-state index contributed by atoms with van der Waals surface area (Å²) in [4.78, 5) is 21.7. The molecule has 0 unspecified atom stereocenters. The van der Waals surface area contributed by atoms with Gasteiger partial charge in [0.1, 0.15) is 14.6 Å². The zero-order valence-electron chi connectivity index (χ0n) is 20.2. The number of hydrogen-bond acceptors (Lipinski definition) is 9. The van der Waals surface area contributed by atoms with Crippen molar-refractivity contribution in [3.05, 3.63) is 39.6 Å². The van der Waals surface area contributed by atoms with Crippen molar-refractivity contribution in [2.75, 3.05) is 11.9 Å². The Hall–Kier alpha value is -3.43. The third-order valence-electron chi connectivity index (χ3n) is 7.29. The molecule has 1 aliphatic carbocycles. The molecular formula is C25H24BrN9OS. The highest BCUT2D eigenvalue weighted by Gasteiger charge is 2.47. The van der Waals surface area contributed by atoms with E-state index >= 15 is 0 Å². The number of aromatic nitrogens is 6. The van der Waals surface area contributed by atoms with Crippen LogP contribution in [0.25, 0.3) is 27.3 Å². The molecule has 2 atom stereocenters. The summed E-state index contributed by atoms with van der Waals surface area (Å²) in [6.45, 7) is 2.69. The summed E-state index contributed by atoms with van der Waals surface area (Å²) in [6.07, 6.45) is 6.23. The lowest BCUT2D eigenvalue weighted by molar-refractivity contribution is -0.127. The van der Waals surface area contributed by atoms with Crippen LogP contribution in [0.15, 0.2) is 29.0 Å². The van der Waals surface area contributed by atoms with Gasteiger partial charge in [-0.2, -0.15) is 15.3 Å². The van der Waals surface area contributed by atoms with Gasteiger partial charge in [-0.1, -0.05) is 11.3 Å². The van der Waals surface area contributed by atoms with Gasteiger partial charge in [-0.05, 0) is 78.7 Å². The van der Waals surface area contributed by atoms with Gasteiger partial charge in [0.2, 0.25) is 11.9 Å². The second-order valence-corrected chi connectivity index (χ2v) is 11.6. The Labute approximate surface area is 225 Å². The monoisotopic (exact) mass is 577 g/mol. The number of nitrogens with one attached hydrogen (secondary N) is 2. The Morgan fingerprint density at radius 2 is 2.24 bits per heavy atom. The van der Waals surface area contributed by atoms with Crippen LogP contribution in [0.5, 0.6) is 0 Å². The summed E-state index contributed by atoms with van der Waals surface area (Å²) in [6, 6.07) is 8.41. The first-order valence-corrected chi connectivity index (χ1v) is 13.8. The van der Waals surface area contributed by atoms with E-state index in [0.29, 0.717) is 29.0 Å². The Bertz CT molecular complexity index is 1560. The first-order chi connectivity index (χ1) is 18.0. The molecule has 37 heavy (non-hydrogen) atoms. The number of hydrogen-bond donors (Lipinski definition) is 2. The van der Waals surface area contributed by atoms with Gasteiger partial charge in [0, 0.05) is 30.8 Å². The largest absolute Gasteiger partial charge is 0.356 e. The summed E-state index contributed by atoms with van der Waals surface area (Å²) < 4.78 is 2.44. The van der Waals surface area contributed by atoms with Crippen molar-refractivity contribution in [2.24, 2.45) is 5.41 Å². The average Bonchev–Trinajstić information content (AvgIpc) is 3.67. The van der Waals surface area contributed by atoms with E-state index in [2.05, 4.69) is 52.9 Å². The number of fused-ring (bicyclic) bond motifs is 1. The summed E-state index contributed by atoms with van der Waals surface area (Å²) in [5.74, 6) is 0.696. The molecule has 6 rings (SSSR count).